The molecule has 1 aliphatic heterocycles. The van der Waals surface area contributed by atoms with E-state index in [2.05, 4.69) is 5.10 Å². The minimum atomic E-state index is 0.316. The van der Waals surface area contributed by atoms with Crippen LogP contribution >= 0.6 is 0 Å². The third-order valence-corrected chi connectivity index (χ3v) is 3.21. The van der Waals surface area contributed by atoms with Crippen molar-refractivity contribution in [2.75, 3.05) is 13.2 Å². The average Bonchev–Trinajstić information content (AvgIpc) is 2.25. The summed E-state index contributed by atoms with van der Waals surface area (Å²) < 4.78 is 7.02. The van der Waals surface area contributed by atoms with Gasteiger partial charge in [0.2, 0.25) is 0 Å². The minimum absolute atomic E-state index is 0.316. The molecule has 1 aliphatic carbocycles. The van der Waals surface area contributed by atoms with Crippen molar-refractivity contribution in [2.24, 2.45) is 0 Å². The molecule has 4 heteroatoms. The number of nitrogens with zero attached hydrogens (tertiary/aromatic N) is 2. The Labute approximate surface area is 82.5 Å². The van der Waals surface area contributed by atoms with Gasteiger partial charge in [-0.3, -0.25) is 4.68 Å². The van der Waals surface area contributed by atoms with E-state index < -0.39 is 0 Å². The van der Waals surface area contributed by atoms with Crippen LogP contribution in [0.2, 0.25) is 0 Å². The zero-order valence-electron chi connectivity index (χ0n) is 8.02. The van der Waals surface area contributed by atoms with Crippen molar-refractivity contribution in [1.82, 2.24) is 9.78 Å². The van der Waals surface area contributed by atoms with Crippen LogP contribution in [0.25, 0.3) is 0 Å². The third-order valence-electron chi connectivity index (χ3n) is 3.21. The summed E-state index contributed by atoms with van der Waals surface area (Å²) in [5, 5.41) is 14.1. The Morgan fingerprint density at radius 1 is 1.43 bits per heavy atom. The van der Waals surface area contributed by atoms with Gasteiger partial charge in [-0.2, -0.15) is 5.10 Å². The van der Waals surface area contributed by atoms with Gasteiger partial charge in [-0.25, -0.2) is 0 Å². The van der Waals surface area contributed by atoms with E-state index in [0.29, 0.717) is 30.9 Å². The van der Waals surface area contributed by atoms with Crippen molar-refractivity contribution in [3.63, 3.8) is 0 Å². The fraction of sp³-hybridized carbons (Fsp3) is 0.700. The van der Waals surface area contributed by atoms with Gasteiger partial charge in [-0.05, 0) is 19.3 Å². The Morgan fingerprint density at radius 2 is 2.21 bits per heavy atom. The van der Waals surface area contributed by atoms with Gasteiger partial charge >= 0.3 is 0 Å². The number of aromatic nitrogens is 2. The molecule has 1 saturated carbocycles. The van der Waals surface area contributed by atoms with Crippen molar-refractivity contribution in [3.8, 4) is 5.75 Å². The van der Waals surface area contributed by atoms with E-state index in [9.17, 15) is 5.11 Å². The molecule has 4 nitrogen and oxygen atoms in total. The standard InChI is InChI=1S/C10H14N2O2/c13-9-4-12(8-2-1-3-8)11-10(9)7-5-14-6-7/h4,7-8,13H,1-3,5-6H2. The van der Waals surface area contributed by atoms with Crippen LogP contribution in [-0.2, 0) is 4.74 Å². The highest BCUT2D eigenvalue weighted by atomic mass is 16.5. The first kappa shape index (κ1) is 8.29. The van der Waals surface area contributed by atoms with Gasteiger partial charge in [-0.1, -0.05) is 0 Å². The van der Waals surface area contributed by atoms with E-state index in [0.717, 1.165) is 5.69 Å². The van der Waals surface area contributed by atoms with Gasteiger partial charge in [0.15, 0.2) is 5.75 Å². The fourth-order valence-electron chi connectivity index (χ4n) is 1.92. The summed E-state index contributed by atoms with van der Waals surface area (Å²) in [7, 11) is 0. The molecule has 0 bridgehead atoms. The van der Waals surface area contributed by atoms with Crippen molar-refractivity contribution < 1.29 is 9.84 Å². The fourth-order valence-corrected chi connectivity index (χ4v) is 1.92. The molecule has 0 atom stereocenters. The van der Waals surface area contributed by atoms with Gasteiger partial charge in [0, 0.05) is 0 Å². The van der Waals surface area contributed by atoms with Gasteiger partial charge in [0.1, 0.15) is 5.69 Å². The van der Waals surface area contributed by atoms with Crippen LogP contribution in [-0.4, -0.2) is 28.1 Å². The zero-order valence-corrected chi connectivity index (χ0v) is 8.02. The maximum atomic E-state index is 9.70. The summed E-state index contributed by atoms with van der Waals surface area (Å²) in [6.07, 6.45) is 5.44. The lowest BCUT2D eigenvalue weighted by Gasteiger charge is -2.26. The molecule has 1 N–H and O–H groups in total. The molecule has 0 amide bonds. The minimum Gasteiger partial charge on any atom is -0.504 e. The lowest BCUT2D eigenvalue weighted by atomic mass is 9.93. The van der Waals surface area contributed by atoms with E-state index in [1.165, 1.54) is 19.3 Å². The van der Waals surface area contributed by atoms with Gasteiger partial charge in [0.25, 0.3) is 0 Å². The highest BCUT2D eigenvalue weighted by Gasteiger charge is 2.29. The predicted molar refractivity (Wildman–Crippen MR) is 50.3 cm³/mol. The third kappa shape index (κ3) is 1.14. The second-order valence-electron chi connectivity index (χ2n) is 4.20. The molecular weight excluding hydrogens is 180 g/mol. The lowest BCUT2D eigenvalue weighted by molar-refractivity contribution is 0.00544. The number of aromatic hydroxyl groups is 1. The summed E-state index contributed by atoms with van der Waals surface area (Å²) >= 11 is 0. The molecule has 0 spiro atoms. The Balaban J connectivity index is 1.84. The molecule has 1 saturated heterocycles. The van der Waals surface area contributed by atoms with Crippen molar-refractivity contribution in [2.45, 2.75) is 31.2 Å². The van der Waals surface area contributed by atoms with E-state index in [1.807, 2.05) is 4.68 Å². The SMILES string of the molecule is Oc1cn(C2CCC2)nc1C1COC1. The second kappa shape index (κ2) is 2.98. The maximum absolute atomic E-state index is 9.70. The van der Waals surface area contributed by atoms with E-state index in [4.69, 9.17) is 4.74 Å². The van der Waals surface area contributed by atoms with Crippen LogP contribution in [0, 0.1) is 0 Å². The number of hydrogen-bond donors (Lipinski definition) is 1. The summed E-state index contributed by atoms with van der Waals surface area (Å²) in [6, 6.07) is 0.524. The summed E-state index contributed by atoms with van der Waals surface area (Å²) in [5.41, 5.74) is 0.822. The van der Waals surface area contributed by atoms with Gasteiger partial charge < -0.3 is 9.84 Å². The monoisotopic (exact) mass is 194 g/mol. The molecule has 2 heterocycles. The average molecular weight is 194 g/mol. The number of hydrogen-bond acceptors (Lipinski definition) is 3. The van der Waals surface area contributed by atoms with Crippen LogP contribution in [0.5, 0.6) is 5.75 Å². The Bertz CT molecular complexity index is 340. The highest BCUT2D eigenvalue weighted by Crippen LogP contribution is 2.35. The normalized spacial score (nSPS) is 23.1. The van der Waals surface area contributed by atoms with E-state index in [-0.39, 0.29) is 0 Å². The number of ether oxygens (including phenoxy) is 1. The molecule has 1 aromatic heterocycles. The first-order valence-electron chi connectivity index (χ1n) is 5.20. The highest BCUT2D eigenvalue weighted by molar-refractivity contribution is 5.28. The van der Waals surface area contributed by atoms with Gasteiger partial charge in [-0.15, -0.1) is 0 Å². The molecule has 0 radical (unpaired) electrons. The molecular formula is C10H14N2O2. The van der Waals surface area contributed by atoms with Crippen LogP contribution < -0.4 is 0 Å². The van der Waals surface area contributed by atoms with E-state index in [1.54, 1.807) is 6.20 Å². The predicted octanol–water partition coefficient (Wildman–Crippen LogP) is 1.43. The Morgan fingerprint density at radius 3 is 2.71 bits per heavy atom. The maximum Gasteiger partial charge on any atom is 0.157 e. The summed E-state index contributed by atoms with van der Waals surface area (Å²) in [6.45, 7) is 1.41. The molecule has 1 aromatic rings. The largest absolute Gasteiger partial charge is 0.504 e. The molecule has 0 unspecified atom stereocenters. The quantitative estimate of drug-likeness (QED) is 0.774. The summed E-state index contributed by atoms with van der Waals surface area (Å²) in [5.74, 6) is 0.654. The number of rotatable bonds is 2. The molecule has 14 heavy (non-hydrogen) atoms. The first-order chi connectivity index (χ1) is 6.84. The first-order valence-corrected chi connectivity index (χ1v) is 5.20. The van der Waals surface area contributed by atoms with Crippen molar-refractivity contribution in [1.29, 1.82) is 0 Å². The van der Waals surface area contributed by atoms with Crippen LogP contribution in [0.4, 0.5) is 0 Å². The molecule has 76 valence electrons. The van der Waals surface area contributed by atoms with E-state index >= 15 is 0 Å². The molecule has 2 fully saturated rings. The Kier molecular flexibility index (Phi) is 1.77. The van der Waals surface area contributed by atoms with Crippen LogP contribution in [0.3, 0.4) is 0 Å². The Hall–Kier alpha value is -1.03. The van der Waals surface area contributed by atoms with Crippen molar-refractivity contribution >= 4 is 0 Å². The molecule has 2 aliphatic rings. The zero-order chi connectivity index (χ0) is 9.54. The topological polar surface area (TPSA) is 47.3 Å². The smallest absolute Gasteiger partial charge is 0.157 e. The lowest BCUT2D eigenvalue weighted by Crippen LogP contribution is -2.26. The molecule has 0 aromatic carbocycles. The second-order valence-corrected chi connectivity index (χ2v) is 4.20. The van der Waals surface area contributed by atoms with Crippen LogP contribution in [0.15, 0.2) is 6.20 Å². The van der Waals surface area contributed by atoms with Crippen molar-refractivity contribution in [3.05, 3.63) is 11.9 Å². The van der Waals surface area contributed by atoms with Crippen LogP contribution in [0.1, 0.15) is 36.9 Å². The van der Waals surface area contributed by atoms with Gasteiger partial charge in [0.05, 0.1) is 31.4 Å². The molecule has 3 rings (SSSR count). The summed E-state index contributed by atoms with van der Waals surface area (Å²) in [4.78, 5) is 0.